The largest absolute Gasteiger partial charge is 0.359 e. The van der Waals surface area contributed by atoms with Gasteiger partial charge in [-0.05, 0) is 23.3 Å². The van der Waals surface area contributed by atoms with Crippen LogP contribution in [0.25, 0.3) is 11.0 Å². The number of nitrogens with zero attached hydrogens (tertiary/aromatic N) is 2. The number of nitrogens with one attached hydrogen (secondary N) is 1. The summed E-state index contributed by atoms with van der Waals surface area (Å²) in [6.45, 7) is 0.392. The van der Waals surface area contributed by atoms with E-state index in [9.17, 15) is 4.79 Å². The van der Waals surface area contributed by atoms with Gasteiger partial charge in [-0.2, -0.15) is 0 Å². The molecular formula is C24H23N3O2. The van der Waals surface area contributed by atoms with E-state index in [4.69, 9.17) is 4.74 Å². The van der Waals surface area contributed by atoms with Crippen LogP contribution < -0.4 is 0 Å². The third kappa shape index (κ3) is 4.52. The average Bonchev–Trinajstić information content (AvgIpc) is 3.17. The van der Waals surface area contributed by atoms with E-state index in [-0.39, 0.29) is 18.6 Å². The van der Waals surface area contributed by atoms with E-state index in [1.165, 1.54) is 0 Å². The molecule has 5 heteroatoms. The van der Waals surface area contributed by atoms with Gasteiger partial charge in [-0.1, -0.05) is 72.8 Å². The molecule has 0 bridgehead atoms. The average molecular weight is 385 g/mol. The Balaban J connectivity index is 1.43. The summed E-state index contributed by atoms with van der Waals surface area (Å²) in [7, 11) is 1.76. The first-order valence-corrected chi connectivity index (χ1v) is 9.60. The van der Waals surface area contributed by atoms with Gasteiger partial charge in [-0.15, -0.1) is 0 Å². The quantitative estimate of drug-likeness (QED) is 0.515. The molecule has 4 rings (SSSR count). The zero-order valence-corrected chi connectivity index (χ0v) is 16.3. The fourth-order valence-electron chi connectivity index (χ4n) is 3.30. The molecule has 0 aliphatic heterocycles. The maximum atomic E-state index is 12.7. The normalized spacial score (nSPS) is 11.1. The lowest BCUT2D eigenvalue weighted by Crippen LogP contribution is -2.31. The Kier molecular flexibility index (Phi) is 5.68. The molecule has 0 saturated carbocycles. The van der Waals surface area contributed by atoms with Crippen molar-refractivity contribution in [2.75, 3.05) is 13.7 Å². The summed E-state index contributed by atoms with van der Waals surface area (Å²) in [6.07, 6.45) is -0.291. The zero-order valence-electron chi connectivity index (χ0n) is 16.3. The van der Waals surface area contributed by atoms with Crippen molar-refractivity contribution in [3.05, 3.63) is 102 Å². The molecule has 0 aliphatic rings. The molecule has 3 aromatic carbocycles. The Labute approximate surface area is 170 Å². The van der Waals surface area contributed by atoms with Gasteiger partial charge >= 0.3 is 0 Å². The molecule has 0 unspecified atom stereocenters. The van der Waals surface area contributed by atoms with Crippen LogP contribution in [0.5, 0.6) is 0 Å². The lowest BCUT2D eigenvalue weighted by molar-refractivity contribution is -0.136. The van der Waals surface area contributed by atoms with Gasteiger partial charge in [-0.25, -0.2) is 4.98 Å². The van der Waals surface area contributed by atoms with Crippen molar-refractivity contribution in [2.45, 2.75) is 12.6 Å². The van der Waals surface area contributed by atoms with E-state index in [0.717, 1.165) is 28.0 Å². The second-order valence-corrected chi connectivity index (χ2v) is 6.96. The van der Waals surface area contributed by atoms with Crippen LogP contribution in [0.15, 0.2) is 84.9 Å². The van der Waals surface area contributed by atoms with Crippen LogP contribution in [0.4, 0.5) is 0 Å². The maximum absolute atomic E-state index is 12.7. The number of carbonyl (C=O) groups is 1. The molecule has 0 atom stereocenters. The van der Waals surface area contributed by atoms with Gasteiger partial charge in [0.1, 0.15) is 18.5 Å². The third-order valence-electron chi connectivity index (χ3n) is 4.83. The van der Waals surface area contributed by atoms with Crippen LogP contribution >= 0.6 is 0 Å². The number of hydrogen-bond acceptors (Lipinski definition) is 3. The number of aromatic nitrogens is 2. The van der Waals surface area contributed by atoms with Crippen molar-refractivity contribution >= 4 is 16.9 Å². The van der Waals surface area contributed by atoms with Gasteiger partial charge in [0.05, 0.1) is 17.6 Å². The first-order chi connectivity index (χ1) is 14.2. The number of ether oxygens (including phenoxy) is 1. The highest BCUT2D eigenvalue weighted by Crippen LogP contribution is 2.25. The molecule has 0 aliphatic carbocycles. The molecule has 1 heterocycles. The van der Waals surface area contributed by atoms with Gasteiger partial charge in [0, 0.05) is 7.05 Å². The highest BCUT2D eigenvalue weighted by molar-refractivity contribution is 5.78. The number of fused-ring (bicyclic) bond motifs is 1. The van der Waals surface area contributed by atoms with Gasteiger partial charge in [0.15, 0.2) is 0 Å². The summed E-state index contributed by atoms with van der Waals surface area (Å²) in [4.78, 5) is 22.1. The van der Waals surface area contributed by atoms with Crippen LogP contribution in [-0.2, 0) is 16.1 Å². The van der Waals surface area contributed by atoms with Gasteiger partial charge in [-0.3, -0.25) is 4.79 Å². The summed E-state index contributed by atoms with van der Waals surface area (Å²) >= 11 is 0. The molecule has 29 heavy (non-hydrogen) atoms. The lowest BCUT2D eigenvalue weighted by atomic mass is 10.0. The summed E-state index contributed by atoms with van der Waals surface area (Å²) in [5.74, 6) is 0.659. The van der Waals surface area contributed by atoms with Crippen molar-refractivity contribution in [3.8, 4) is 0 Å². The number of carbonyl (C=O) groups excluding carboxylic acids is 1. The molecule has 146 valence electrons. The van der Waals surface area contributed by atoms with Crippen LogP contribution in [0, 0.1) is 0 Å². The number of rotatable bonds is 7. The second kappa shape index (κ2) is 8.71. The number of likely N-dealkylation sites (N-methyl/N-ethyl adjacent to an activating group) is 1. The molecule has 0 radical (unpaired) electrons. The van der Waals surface area contributed by atoms with Gasteiger partial charge in [0.2, 0.25) is 5.91 Å². The minimum Gasteiger partial charge on any atom is -0.359 e. The summed E-state index contributed by atoms with van der Waals surface area (Å²) in [5.41, 5.74) is 3.90. The van der Waals surface area contributed by atoms with Crippen molar-refractivity contribution in [2.24, 2.45) is 0 Å². The van der Waals surface area contributed by atoms with E-state index >= 15 is 0 Å². The van der Waals surface area contributed by atoms with Crippen molar-refractivity contribution < 1.29 is 9.53 Å². The highest BCUT2D eigenvalue weighted by atomic mass is 16.5. The third-order valence-corrected chi connectivity index (χ3v) is 4.83. The Morgan fingerprint density at radius 2 is 1.52 bits per heavy atom. The van der Waals surface area contributed by atoms with Crippen molar-refractivity contribution in [3.63, 3.8) is 0 Å². The maximum Gasteiger partial charge on any atom is 0.248 e. The molecule has 0 spiro atoms. The summed E-state index contributed by atoms with van der Waals surface area (Å²) in [5, 5.41) is 0. The van der Waals surface area contributed by atoms with E-state index in [1.54, 1.807) is 11.9 Å². The molecule has 1 amide bonds. The van der Waals surface area contributed by atoms with Crippen molar-refractivity contribution in [1.29, 1.82) is 0 Å². The SMILES string of the molecule is CN(Cc1nc2ccccc2[nH]1)C(=O)COC(c1ccccc1)c1ccccc1. The molecule has 1 aromatic heterocycles. The molecule has 4 aromatic rings. The van der Waals surface area contributed by atoms with Gasteiger partial charge in [0.25, 0.3) is 0 Å². The predicted molar refractivity (Wildman–Crippen MR) is 113 cm³/mol. The Morgan fingerprint density at radius 3 is 2.14 bits per heavy atom. The predicted octanol–water partition coefficient (Wildman–Crippen LogP) is 4.33. The molecular weight excluding hydrogens is 362 g/mol. The number of H-pyrrole nitrogens is 1. The van der Waals surface area contributed by atoms with Crippen LogP contribution in [0.1, 0.15) is 23.1 Å². The summed E-state index contributed by atoms with van der Waals surface area (Å²) < 4.78 is 6.07. The number of hydrogen-bond donors (Lipinski definition) is 1. The number of imidazole rings is 1. The standard InChI is InChI=1S/C24H23N3O2/c1-27(16-22-25-20-14-8-9-15-21(20)26-22)23(28)17-29-24(18-10-4-2-5-11-18)19-12-6-3-7-13-19/h2-15,24H,16-17H2,1H3,(H,25,26). The monoisotopic (exact) mass is 385 g/mol. The van der Waals surface area contributed by atoms with E-state index in [0.29, 0.717) is 6.54 Å². The Morgan fingerprint density at radius 1 is 0.931 bits per heavy atom. The zero-order chi connectivity index (χ0) is 20.1. The highest BCUT2D eigenvalue weighted by Gasteiger charge is 2.18. The molecule has 1 N–H and O–H groups in total. The smallest absolute Gasteiger partial charge is 0.248 e. The molecule has 0 saturated heterocycles. The fraction of sp³-hybridized carbons (Fsp3) is 0.167. The molecule has 0 fully saturated rings. The lowest BCUT2D eigenvalue weighted by Gasteiger charge is -2.21. The van der Waals surface area contributed by atoms with E-state index in [2.05, 4.69) is 9.97 Å². The van der Waals surface area contributed by atoms with E-state index in [1.807, 2.05) is 84.9 Å². The number of amides is 1. The second-order valence-electron chi connectivity index (χ2n) is 6.96. The Bertz CT molecular complexity index is 1000. The fourth-order valence-corrected chi connectivity index (χ4v) is 3.30. The van der Waals surface area contributed by atoms with Crippen LogP contribution in [-0.4, -0.2) is 34.4 Å². The van der Waals surface area contributed by atoms with E-state index < -0.39 is 0 Å². The van der Waals surface area contributed by atoms with Crippen LogP contribution in [0.3, 0.4) is 0 Å². The first kappa shape index (κ1) is 18.9. The minimum absolute atomic E-state index is 0.00875. The van der Waals surface area contributed by atoms with Gasteiger partial charge < -0.3 is 14.6 Å². The number of aromatic amines is 1. The molecule has 5 nitrogen and oxygen atoms in total. The van der Waals surface area contributed by atoms with Crippen molar-refractivity contribution in [1.82, 2.24) is 14.9 Å². The Hall–Kier alpha value is -3.44. The number of para-hydroxylation sites is 2. The number of benzene rings is 3. The first-order valence-electron chi connectivity index (χ1n) is 9.60. The van der Waals surface area contributed by atoms with Crippen LogP contribution in [0.2, 0.25) is 0 Å². The minimum atomic E-state index is -0.291. The topological polar surface area (TPSA) is 58.2 Å². The summed E-state index contributed by atoms with van der Waals surface area (Å²) in [6, 6.07) is 27.7.